The number of rotatable bonds is 4. The van der Waals surface area contributed by atoms with Crippen LogP contribution in [0.1, 0.15) is 11.1 Å². The molecule has 1 aromatic rings. The highest BCUT2D eigenvalue weighted by molar-refractivity contribution is 7.49. The zero-order valence-electron chi connectivity index (χ0n) is 8.61. The van der Waals surface area contributed by atoms with Crippen molar-refractivity contribution in [1.82, 2.24) is 5.09 Å². The molecule has 0 saturated heterocycles. The molecule has 0 spiro atoms. The van der Waals surface area contributed by atoms with E-state index in [1.54, 1.807) is 0 Å². The quantitative estimate of drug-likeness (QED) is 0.730. The van der Waals surface area contributed by atoms with Crippen LogP contribution in [0.25, 0.3) is 0 Å². The van der Waals surface area contributed by atoms with Crippen molar-refractivity contribution in [1.29, 1.82) is 0 Å². The molecule has 1 aromatic carbocycles. The Morgan fingerprint density at radius 1 is 1.24 bits per heavy atom. The van der Waals surface area contributed by atoms with Gasteiger partial charge in [0.1, 0.15) is 0 Å². The van der Waals surface area contributed by atoms with Crippen LogP contribution in [-0.2, 0) is 17.2 Å². The predicted octanol–water partition coefficient (Wildman–Crippen LogP) is 1.93. The molecule has 0 atom stereocenters. The van der Waals surface area contributed by atoms with Gasteiger partial charge in [0, 0.05) is 6.54 Å². The van der Waals surface area contributed by atoms with Crippen LogP contribution in [0.5, 0.6) is 0 Å². The van der Waals surface area contributed by atoms with Crippen LogP contribution in [0.15, 0.2) is 24.3 Å². The molecule has 0 fully saturated rings. The van der Waals surface area contributed by atoms with Gasteiger partial charge >= 0.3 is 13.9 Å². The van der Waals surface area contributed by atoms with E-state index in [0.29, 0.717) is 0 Å². The van der Waals surface area contributed by atoms with Crippen LogP contribution in [0.2, 0.25) is 0 Å². The summed E-state index contributed by atoms with van der Waals surface area (Å²) in [6, 6.07) is 4.93. The molecule has 0 aromatic heterocycles. The molecule has 0 radical (unpaired) electrons. The number of benzene rings is 1. The Balaban J connectivity index is 2.75. The van der Waals surface area contributed by atoms with Crippen molar-refractivity contribution in [3.05, 3.63) is 35.4 Å². The molecule has 0 aliphatic rings. The standard InChI is InChI=1S/C9H11F3NO3P/c10-9(11,12)8-4-2-1-3-7(8)5-6-13-17(14,15)16/h1-4H,5-6H2,(H3,13,14,15,16). The average Bonchev–Trinajstić information content (AvgIpc) is 2.15. The van der Waals surface area contributed by atoms with E-state index in [9.17, 15) is 17.7 Å². The van der Waals surface area contributed by atoms with E-state index in [4.69, 9.17) is 9.79 Å². The maximum Gasteiger partial charge on any atom is 0.416 e. The highest BCUT2D eigenvalue weighted by atomic mass is 31.2. The van der Waals surface area contributed by atoms with Gasteiger partial charge in [0.05, 0.1) is 5.56 Å². The molecule has 1 rings (SSSR count). The number of hydrogen-bond donors (Lipinski definition) is 3. The lowest BCUT2D eigenvalue weighted by atomic mass is 10.0. The van der Waals surface area contributed by atoms with Gasteiger partial charge < -0.3 is 9.79 Å². The summed E-state index contributed by atoms with van der Waals surface area (Å²) in [5.41, 5.74) is -0.784. The summed E-state index contributed by atoms with van der Waals surface area (Å²) in [6.07, 6.45) is -4.57. The highest BCUT2D eigenvalue weighted by Crippen LogP contribution is 2.32. The van der Waals surface area contributed by atoms with Crippen molar-refractivity contribution >= 4 is 7.75 Å². The van der Waals surface area contributed by atoms with E-state index < -0.39 is 19.5 Å². The summed E-state index contributed by atoms with van der Waals surface area (Å²) in [5.74, 6) is 0. The maximum absolute atomic E-state index is 12.5. The number of nitrogens with one attached hydrogen (secondary N) is 1. The summed E-state index contributed by atoms with van der Waals surface area (Å²) < 4.78 is 48.1. The highest BCUT2D eigenvalue weighted by Gasteiger charge is 2.32. The van der Waals surface area contributed by atoms with Gasteiger partial charge in [-0.2, -0.15) is 13.2 Å². The first-order valence-corrected chi connectivity index (χ1v) is 6.27. The van der Waals surface area contributed by atoms with Crippen molar-refractivity contribution in [3.8, 4) is 0 Å². The molecule has 17 heavy (non-hydrogen) atoms. The summed E-state index contributed by atoms with van der Waals surface area (Å²) in [5, 5.41) is 1.85. The molecule has 0 aliphatic heterocycles. The second-order valence-electron chi connectivity index (χ2n) is 3.36. The first-order chi connectivity index (χ1) is 7.70. The van der Waals surface area contributed by atoms with Gasteiger partial charge in [0.2, 0.25) is 0 Å². The second kappa shape index (κ2) is 5.18. The summed E-state index contributed by atoms with van der Waals surface area (Å²) in [4.78, 5) is 17.0. The van der Waals surface area contributed by atoms with Crippen molar-refractivity contribution in [2.45, 2.75) is 12.6 Å². The van der Waals surface area contributed by atoms with Crippen LogP contribution in [-0.4, -0.2) is 16.3 Å². The molecule has 8 heteroatoms. The first kappa shape index (κ1) is 14.2. The molecule has 0 bridgehead atoms. The molecule has 0 aliphatic carbocycles. The minimum atomic E-state index is -4.46. The second-order valence-corrected chi connectivity index (χ2v) is 4.76. The van der Waals surface area contributed by atoms with Crippen LogP contribution in [0.3, 0.4) is 0 Å². The molecule has 0 amide bonds. The lowest BCUT2D eigenvalue weighted by Crippen LogP contribution is -2.16. The van der Waals surface area contributed by atoms with Gasteiger partial charge in [0.25, 0.3) is 0 Å². The minimum absolute atomic E-state index is 0.000880. The molecular weight excluding hydrogens is 258 g/mol. The Kier molecular flexibility index (Phi) is 4.32. The Morgan fingerprint density at radius 2 is 1.82 bits per heavy atom. The lowest BCUT2D eigenvalue weighted by Gasteiger charge is -2.13. The summed E-state index contributed by atoms with van der Waals surface area (Å²) in [7, 11) is -4.39. The number of alkyl halides is 3. The largest absolute Gasteiger partial charge is 0.416 e. The Morgan fingerprint density at radius 3 is 2.35 bits per heavy atom. The summed E-state index contributed by atoms with van der Waals surface area (Å²) >= 11 is 0. The third-order valence-electron chi connectivity index (χ3n) is 2.03. The maximum atomic E-state index is 12.5. The van der Waals surface area contributed by atoms with Crippen molar-refractivity contribution in [3.63, 3.8) is 0 Å². The topological polar surface area (TPSA) is 69.6 Å². The van der Waals surface area contributed by atoms with Gasteiger partial charge in [-0.3, -0.25) is 0 Å². The van der Waals surface area contributed by atoms with Gasteiger partial charge in [0.15, 0.2) is 0 Å². The van der Waals surface area contributed by atoms with Crippen molar-refractivity contribution in [2.24, 2.45) is 0 Å². The van der Waals surface area contributed by atoms with E-state index >= 15 is 0 Å². The Labute approximate surface area is 95.7 Å². The lowest BCUT2D eigenvalue weighted by molar-refractivity contribution is -0.138. The zero-order chi connectivity index (χ0) is 13.1. The fourth-order valence-electron chi connectivity index (χ4n) is 1.35. The van der Waals surface area contributed by atoms with Crippen LogP contribution in [0.4, 0.5) is 13.2 Å². The molecule has 96 valence electrons. The monoisotopic (exact) mass is 269 g/mol. The third-order valence-corrected chi connectivity index (χ3v) is 2.67. The van der Waals surface area contributed by atoms with Crippen LogP contribution < -0.4 is 5.09 Å². The zero-order valence-corrected chi connectivity index (χ0v) is 9.50. The average molecular weight is 269 g/mol. The van der Waals surface area contributed by atoms with Gasteiger partial charge in [-0.1, -0.05) is 18.2 Å². The van der Waals surface area contributed by atoms with E-state index in [2.05, 4.69) is 0 Å². The Hall–Kier alpha value is -0.880. The van der Waals surface area contributed by atoms with Crippen LogP contribution in [0, 0.1) is 0 Å². The van der Waals surface area contributed by atoms with Crippen molar-refractivity contribution in [2.75, 3.05) is 6.54 Å². The SMILES string of the molecule is O=P(O)(O)NCCc1ccccc1C(F)(F)F. The van der Waals surface area contributed by atoms with E-state index in [1.807, 2.05) is 5.09 Å². The number of hydrogen-bond acceptors (Lipinski definition) is 1. The minimum Gasteiger partial charge on any atom is -0.313 e. The fourth-order valence-corrected chi connectivity index (χ4v) is 1.75. The smallest absolute Gasteiger partial charge is 0.313 e. The van der Waals surface area contributed by atoms with Crippen LogP contribution >= 0.6 is 7.75 Å². The van der Waals surface area contributed by atoms with E-state index in [1.165, 1.54) is 18.2 Å². The van der Waals surface area contributed by atoms with Gasteiger partial charge in [-0.05, 0) is 18.1 Å². The molecule has 0 saturated carbocycles. The summed E-state index contributed by atoms with van der Waals surface area (Å²) in [6.45, 7) is -0.225. The Bertz CT molecular complexity index is 430. The molecule has 0 unspecified atom stereocenters. The molecule has 0 heterocycles. The van der Waals surface area contributed by atoms with E-state index in [0.717, 1.165) is 6.07 Å². The molecule has 3 N–H and O–H groups in total. The van der Waals surface area contributed by atoms with Gasteiger partial charge in [-0.15, -0.1) is 0 Å². The normalized spacial score (nSPS) is 12.8. The van der Waals surface area contributed by atoms with Crippen molar-refractivity contribution < 1.29 is 27.5 Å². The third kappa shape index (κ3) is 4.87. The predicted molar refractivity (Wildman–Crippen MR) is 55.2 cm³/mol. The first-order valence-electron chi connectivity index (χ1n) is 4.66. The van der Waals surface area contributed by atoms with Gasteiger partial charge in [-0.25, -0.2) is 9.65 Å². The van der Waals surface area contributed by atoms with E-state index in [-0.39, 0.29) is 18.5 Å². The molecule has 4 nitrogen and oxygen atoms in total. The fraction of sp³-hybridized carbons (Fsp3) is 0.333. The molecular formula is C9H11F3NO3P. The number of halogens is 3.